The lowest BCUT2D eigenvalue weighted by Crippen LogP contribution is -2.30. The number of carbonyl (C=O) groups is 1. The Morgan fingerprint density at radius 1 is 1.35 bits per heavy atom. The van der Waals surface area contributed by atoms with E-state index in [9.17, 15) is 9.90 Å². The third-order valence-electron chi connectivity index (χ3n) is 5.54. The summed E-state index contributed by atoms with van der Waals surface area (Å²) in [5, 5.41) is 10.9. The molecule has 1 saturated heterocycles. The van der Waals surface area contributed by atoms with Crippen LogP contribution in [0.15, 0.2) is 18.2 Å². The summed E-state index contributed by atoms with van der Waals surface area (Å²) in [7, 11) is 0. The molecule has 1 aliphatic heterocycles. The molecule has 0 radical (unpaired) electrons. The first kappa shape index (κ1) is 14.8. The van der Waals surface area contributed by atoms with E-state index in [1.54, 1.807) is 0 Å². The first-order chi connectivity index (χ1) is 11.1. The molecular weight excluding hydrogens is 288 g/mol. The number of nitrogens with zero attached hydrogens (tertiary/aromatic N) is 1. The van der Waals surface area contributed by atoms with Gasteiger partial charge in [-0.2, -0.15) is 0 Å². The number of aryl methyl sites for hydroxylation is 2. The van der Waals surface area contributed by atoms with Gasteiger partial charge in [0.2, 0.25) is 0 Å². The summed E-state index contributed by atoms with van der Waals surface area (Å²) in [6.07, 6.45) is 5.27. The number of likely N-dealkylation sites (tertiary alicyclic amines) is 1. The van der Waals surface area contributed by atoms with Gasteiger partial charge in [-0.1, -0.05) is 0 Å². The SMILES string of the molecule is CC(O)C1CCN(C(=O)c2ccc3[nH]c4c(c3c2)CCCC4)C1. The van der Waals surface area contributed by atoms with Crippen molar-refractivity contribution in [3.63, 3.8) is 0 Å². The summed E-state index contributed by atoms with van der Waals surface area (Å²) in [5.74, 6) is 0.309. The van der Waals surface area contributed by atoms with Crippen LogP contribution in [0.3, 0.4) is 0 Å². The maximum absolute atomic E-state index is 12.8. The number of fused-ring (bicyclic) bond motifs is 3. The van der Waals surface area contributed by atoms with Crippen molar-refractivity contribution in [1.29, 1.82) is 0 Å². The van der Waals surface area contributed by atoms with E-state index in [4.69, 9.17) is 0 Å². The number of amides is 1. The lowest BCUT2D eigenvalue weighted by Gasteiger charge is -2.18. The van der Waals surface area contributed by atoms with Crippen LogP contribution in [0.2, 0.25) is 0 Å². The molecule has 4 heteroatoms. The average molecular weight is 312 g/mol. The third-order valence-corrected chi connectivity index (χ3v) is 5.54. The number of H-pyrrole nitrogens is 1. The lowest BCUT2D eigenvalue weighted by molar-refractivity contribution is 0.0762. The molecule has 4 nitrogen and oxygen atoms in total. The van der Waals surface area contributed by atoms with Gasteiger partial charge in [-0.3, -0.25) is 4.79 Å². The molecule has 2 heterocycles. The van der Waals surface area contributed by atoms with E-state index in [0.717, 1.165) is 36.9 Å². The number of hydrogen-bond donors (Lipinski definition) is 2. The van der Waals surface area contributed by atoms with Crippen LogP contribution in [0.1, 0.15) is 47.8 Å². The maximum Gasteiger partial charge on any atom is 0.253 e. The molecule has 2 atom stereocenters. The molecule has 4 rings (SSSR count). The van der Waals surface area contributed by atoms with Crippen molar-refractivity contribution in [3.8, 4) is 0 Å². The number of nitrogens with one attached hydrogen (secondary N) is 1. The van der Waals surface area contributed by atoms with Crippen molar-refractivity contribution >= 4 is 16.8 Å². The van der Waals surface area contributed by atoms with Crippen molar-refractivity contribution in [1.82, 2.24) is 9.88 Å². The Labute approximate surface area is 136 Å². The van der Waals surface area contributed by atoms with Gasteiger partial charge in [0.05, 0.1) is 6.10 Å². The van der Waals surface area contributed by atoms with E-state index >= 15 is 0 Å². The van der Waals surface area contributed by atoms with Crippen molar-refractivity contribution in [2.45, 2.75) is 45.1 Å². The Morgan fingerprint density at radius 3 is 2.96 bits per heavy atom. The highest BCUT2D eigenvalue weighted by Crippen LogP contribution is 2.30. The predicted molar refractivity (Wildman–Crippen MR) is 90.6 cm³/mol. The monoisotopic (exact) mass is 312 g/mol. The summed E-state index contributed by atoms with van der Waals surface area (Å²) < 4.78 is 0. The first-order valence-corrected chi connectivity index (χ1v) is 8.74. The van der Waals surface area contributed by atoms with Gasteiger partial charge in [0.15, 0.2) is 0 Å². The zero-order valence-electron chi connectivity index (χ0n) is 13.6. The number of aromatic amines is 1. The van der Waals surface area contributed by atoms with Gasteiger partial charge < -0.3 is 15.0 Å². The van der Waals surface area contributed by atoms with Crippen molar-refractivity contribution in [2.75, 3.05) is 13.1 Å². The Balaban J connectivity index is 1.63. The van der Waals surface area contributed by atoms with Crippen molar-refractivity contribution in [3.05, 3.63) is 35.0 Å². The highest BCUT2D eigenvalue weighted by Gasteiger charge is 2.29. The standard InChI is InChI=1S/C19H24N2O2/c1-12(22)14-8-9-21(11-14)19(23)13-6-7-18-16(10-13)15-4-2-3-5-17(15)20-18/h6-7,10,12,14,20,22H,2-5,8-9,11H2,1H3. The van der Waals surface area contributed by atoms with Gasteiger partial charge in [0, 0.05) is 41.2 Å². The van der Waals surface area contributed by atoms with Gasteiger partial charge in [0.25, 0.3) is 5.91 Å². The molecule has 1 amide bonds. The van der Waals surface area contributed by atoms with E-state index in [-0.39, 0.29) is 17.9 Å². The quantitative estimate of drug-likeness (QED) is 0.896. The van der Waals surface area contributed by atoms with Crippen LogP contribution in [0.4, 0.5) is 0 Å². The van der Waals surface area contributed by atoms with Crippen LogP contribution >= 0.6 is 0 Å². The molecule has 2 N–H and O–H groups in total. The first-order valence-electron chi connectivity index (χ1n) is 8.74. The van der Waals surface area contributed by atoms with E-state index in [1.165, 1.54) is 29.5 Å². The molecule has 1 aliphatic carbocycles. The molecule has 0 bridgehead atoms. The second-order valence-corrected chi connectivity index (χ2v) is 7.09. The number of benzene rings is 1. The Hall–Kier alpha value is -1.81. The van der Waals surface area contributed by atoms with Gasteiger partial charge in [0.1, 0.15) is 0 Å². The van der Waals surface area contributed by atoms with E-state index < -0.39 is 0 Å². The molecule has 0 spiro atoms. The smallest absolute Gasteiger partial charge is 0.253 e. The lowest BCUT2D eigenvalue weighted by atomic mass is 9.95. The number of carbonyl (C=O) groups excluding carboxylic acids is 1. The zero-order valence-corrected chi connectivity index (χ0v) is 13.6. The van der Waals surface area contributed by atoms with Crippen LogP contribution in [0.5, 0.6) is 0 Å². The van der Waals surface area contributed by atoms with E-state index in [0.29, 0.717) is 6.54 Å². The van der Waals surface area contributed by atoms with Crippen LogP contribution in [-0.2, 0) is 12.8 Å². The molecule has 1 fully saturated rings. The largest absolute Gasteiger partial charge is 0.393 e. The highest BCUT2D eigenvalue weighted by atomic mass is 16.3. The predicted octanol–water partition coefficient (Wildman–Crippen LogP) is 2.89. The number of hydrogen-bond acceptors (Lipinski definition) is 2. The average Bonchev–Trinajstić information content (AvgIpc) is 3.18. The molecule has 2 unspecified atom stereocenters. The highest BCUT2D eigenvalue weighted by molar-refractivity contribution is 5.99. The number of aliphatic hydroxyl groups is 1. The minimum Gasteiger partial charge on any atom is -0.393 e. The fraction of sp³-hybridized carbons (Fsp3) is 0.526. The van der Waals surface area contributed by atoms with Gasteiger partial charge in [-0.05, 0) is 62.8 Å². The fourth-order valence-corrected chi connectivity index (χ4v) is 4.09. The Morgan fingerprint density at radius 2 is 2.17 bits per heavy atom. The van der Waals surface area contributed by atoms with E-state index in [1.807, 2.05) is 24.0 Å². The molecule has 1 aromatic carbocycles. The topological polar surface area (TPSA) is 56.3 Å². The Bertz CT molecular complexity index is 747. The van der Waals surface area contributed by atoms with Crippen molar-refractivity contribution < 1.29 is 9.90 Å². The number of aliphatic hydroxyl groups excluding tert-OH is 1. The van der Waals surface area contributed by atoms with E-state index in [2.05, 4.69) is 11.1 Å². The number of rotatable bonds is 2. The Kier molecular flexibility index (Phi) is 3.64. The molecule has 23 heavy (non-hydrogen) atoms. The molecule has 1 aromatic heterocycles. The second kappa shape index (κ2) is 5.68. The maximum atomic E-state index is 12.8. The third kappa shape index (κ3) is 2.55. The van der Waals surface area contributed by atoms with Crippen LogP contribution < -0.4 is 0 Å². The van der Waals surface area contributed by atoms with Gasteiger partial charge >= 0.3 is 0 Å². The summed E-state index contributed by atoms with van der Waals surface area (Å²) in [5.41, 5.74) is 4.68. The molecule has 2 aliphatic rings. The summed E-state index contributed by atoms with van der Waals surface area (Å²) in [6.45, 7) is 3.23. The summed E-state index contributed by atoms with van der Waals surface area (Å²) in [6, 6.07) is 6.04. The summed E-state index contributed by atoms with van der Waals surface area (Å²) in [4.78, 5) is 18.2. The van der Waals surface area contributed by atoms with Crippen LogP contribution in [0, 0.1) is 5.92 Å². The normalized spacial score (nSPS) is 22.3. The van der Waals surface area contributed by atoms with Gasteiger partial charge in [-0.25, -0.2) is 0 Å². The zero-order chi connectivity index (χ0) is 16.0. The minimum atomic E-state index is -0.341. The molecule has 2 aromatic rings. The molecule has 0 saturated carbocycles. The summed E-state index contributed by atoms with van der Waals surface area (Å²) >= 11 is 0. The van der Waals surface area contributed by atoms with Gasteiger partial charge in [-0.15, -0.1) is 0 Å². The number of aromatic nitrogens is 1. The fourth-order valence-electron chi connectivity index (χ4n) is 4.09. The van der Waals surface area contributed by atoms with Crippen molar-refractivity contribution in [2.24, 2.45) is 5.92 Å². The second-order valence-electron chi connectivity index (χ2n) is 7.09. The van der Waals surface area contributed by atoms with Crippen LogP contribution in [0.25, 0.3) is 10.9 Å². The minimum absolute atomic E-state index is 0.0980. The van der Waals surface area contributed by atoms with Crippen LogP contribution in [-0.4, -0.2) is 40.1 Å². The molecular formula is C19H24N2O2. The molecule has 122 valence electrons.